The minimum Gasteiger partial charge on any atom is -0.331 e. The van der Waals surface area contributed by atoms with Gasteiger partial charge in [0.2, 0.25) is 5.91 Å². The smallest absolute Gasteiger partial charge is 0.257 e. The molecule has 0 bridgehead atoms. The van der Waals surface area contributed by atoms with Crippen LogP contribution in [0.3, 0.4) is 0 Å². The highest BCUT2D eigenvalue weighted by atomic mass is 35.5. The Kier molecular flexibility index (Phi) is 6.23. The molecule has 7 heteroatoms. The predicted octanol–water partition coefficient (Wildman–Crippen LogP) is 4.97. The molecule has 0 radical (unpaired) electrons. The van der Waals surface area contributed by atoms with Crippen molar-refractivity contribution in [2.75, 3.05) is 10.6 Å². The lowest BCUT2D eigenvalue weighted by Gasteiger charge is -2.13. The Bertz CT molecular complexity index is 1070. The summed E-state index contributed by atoms with van der Waals surface area (Å²) < 4.78 is 0. The first-order valence-corrected chi connectivity index (χ1v) is 9.45. The Labute approximate surface area is 173 Å². The van der Waals surface area contributed by atoms with Gasteiger partial charge in [0.25, 0.3) is 5.91 Å². The topological polar surface area (TPSA) is 70.2 Å². The third kappa shape index (κ3) is 4.85. The van der Waals surface area contributed by atoms with Crippen LogP contribution in [0.1, 0.15) is 23.7 Å². The Morgan fingerprint density at radius 3 is 2.46 bits per heavy atom. The second-order valence-corrected chi connectivity index (χ2v) is 6.88. The number of fused-ring (bicyclic) bond motifs is 1. The van der Waals surface area contributed by atoms with Crippen LogP contribution in [-0.4, -0.2) is 16.9 Å². The van der Waals surface area contributed by atoms with E-state index in [1.807, 2.05) is 30.3 Å². The van der Waals surface area contributed by atoms with Crippen LogP contribution in [0.25, 0.3) is 10.8 Å². The van der Waals surface area contributed by atoms with Gasteiger partial charge in [0, 0.05) is 17.7 Å². The van der Waals surface area contributed by atoms with Crippen LogP contribution >= 0.6 is 23.8 Å². The van der Waals surface area contributed by atoms with Crippen molar-refractivity contribution in [2.45, 2.75) is 13.3 Å². The molecule has 0 unspecified atom stereocenters. The van der Waals surface area contributed by atoms with Gasteiger partial charge in [-0.05, 0) is 53.3 Å². The zero-order chi connectivity index (χ0) is 20.1. The molecule has 2 amide bonds. The summed E-state index contributed by atoms with van der Waals surface area (Å²) in [4.78, 5) is 24.0. The molecule has 3 N–H and O–H groups in total. The third-order valence-electron chi connectivity index (χ3n) is 4.06. The van der Waals surface area contributed by atoms with Gasteiger partial charge in [-0.1, -0.05) is 48.9 Å². The third-order valence-corrected chi connectivity index (χ3v) is 4.59. The molecule has 0 spiro atoms. The molecule has 0 aliphatic rings. The summed E-state index contributed by atoms with van der Waals surface area (Å²) in [5.74, 6) is -0.435. The first-order chi connectivity index (χ1) is 13.5. The number of hydrogen-bond acceptors (Lipinski definition) is 3. The van der Waals surface area contributed by atoms with Crippen molar-refractivity contribution in [2.24, 2.45) is 0 Å². The van der Waals surface area contributed by atoms with Gasteiger partial charge in [0.15, 0.2) is 5.11 Å². The maximum Gasteiger partial charge on any atom is 0.257 e. The summed E-state index contributed by atoms with van der Waals surface area (Å²) in [7, 11) is 0. The summed E-state index contributed by atoms with van der Waals surface area (Å²) in [6.45, 7) is 1.77. The molecule has 142 valence electrons. The van der Waals surface area contributed by atoms with E-state index in [0.29, 0.717) is 28.4 Å². The second kappa shape index (κ2) is 8.82. The van der Waals surface area contributed by atoms with Crippen LogP contribution in [0.2, 0.25) is 5.02 Å². The summed E-state index contributed by atoms with van der Waals surface area (Å²) in [5.41, 5.74) is 1.57. The molecule has 0 heterocycles. The highest BCUT2D eigenvalue weighted by Gasteiger charge is 2.11. The second-order valence-electron chi connectivity index (χ2n) is 6.07. The van der Waals surface area contributed by atoms with Gasteiger partial charge in [-0.2, -0.15) is 0 Å². The molecule has 5 nitrogen and oxygen atoms in total. The zero-order valence-electron chi connectivity index (χ0n) is 15.1. The molecular formula is C21H18ClN3O2S. The molecule has 0 aliphatic carbocycles. The molecule has 3 aromatic rings. The molecule has 0 aromatic heterocycles. The average Bonchev–Trinajstić information content (AvgIpc) is 2.69. The van der Waals surface area contributed by atoms with Crippen LogP contribution < -0.4 is 16.0 Å². The van der Waals surface area contributed by atoms with Gasteiger partial charge in [-0.3, -0.25) is 14.9 Å². The fourth-order valence-corrected chi connectivity index (χ4v) is 2.98. The highest BCUT2D eigenvalue weighted by molar-refractivity contribution is 7.80. The lowest BCUT2D eigenvalue weighted by Crippen LogP contribution is -2.34. The van der Waals surface area contributed by atoms with E-state index in [1.165, 1.54) is 0 Å². The van der Waals surface area contributed by atoms with Gasteiger partial charge in [-0.25, -0.2) is 0 Å². The fraction of sp³-hybridized carbons (Fsp3) is 0.0952. The van der Waals surface area contributed by atoms with E-state index < -0.39 is 0 Å². The van der Waals surface area contributed by atoms with E-state index in [4.69, 9.17) is 23.8 Å². The van der Waals surface area contributed by atoms with Gasteiger partial charge in [0.1, 0.15) is 0 Å². The Morgan fingerprint density at radius 1 is 0.964 bits per heavy atom. The van der Waals surface area contributed by atoms with Crippen LogP contribution in [0.5, 0.6) is 0 Å². The number of hydrogen-bond donors (Lipinski definition) is 3. The molecule has 0 fully saturated rings. The zero-order valence-corrected chi connectivity index (χ0v) is 16.7. The van der Waals surface area contributed by atoms with E-state index in [9.17, 15) is 9.59 Å². The monoisotopic (exact) mass is 411 g/mol. The Morgan fingerprint density at radius 2 is 1.71 bits per heavy atom. The van der Waals surface area contributed by atoms with Gasteiger partial charge >= 0.3 is 0 Å². The van der Waals surface area contributed by atoms with Crippen molar-refractivity contribution in [3.63, 3.8) is 0 Å². The number of amides is 2. The van der Waals surface area contributed by atoms with Crippen molar-refractivity contribution >= 4 is 62.9 Å². The molecule has 0 saturated heterocycles. The molecule has 28 heavy (non-hydrogen) atoms. The van der Waals surface area contributed by atoms with E-state index >= 15 is 0 Å². The largest absolute Gasteiger partial charge is 0.331 e. The number of halogens is 1. The number of carbonyl (C=O) groups excluding carboxylic acids is 2. The SMILES string of the molecule is CCC(=O)Nc1ccc(Cl)c(NC(=S)NC(=O)c2ccc3ccccc3c2)c1. The van der Waals surface area contributed by atoms with E-state index in [0.717, 1.165) is 10.8 Å². The normalized spacial score (nSPS) is 10.4. The number of nitrogens with one attached hydrogen (secondary N) is 3. The van der Waals surface area contributed by atoms with Crippen LogP contribution in [0, 0.1) is 0 Å². The first-order valence-electron chi connectivity index (χ1n) is 8.67. The number of rotatable bonds is 4. The van der Waals surface area contributed by atoms with Crippen molar-refractivity contribution in [3.05, 3.63) is 71.2 Å². The molecule has 3 rings (SSSR count). The number of carbonyl (C=O) groups is 2. The van der Waals surface area contributed by atoms with E-state index in [1.54, 1.807) is 37.3 Å². The number of anilines is 2. The number of benzene rings is 3. The average molecular weight is 412 g/mol. The van der Waals surface area contributed by atoms with Crippen molar-refractivity contribution in [1.29, 1.82) is 0 Å². The minimum atomic E-state index is -0.324. The number of thiocarbonyl (C=S) groups is 1. The summed E-state index contributed by atoms with van der Waals surface area (Å²) in [5, 5.41) is 10.8. The van der Waals surface area contributed by atoms with Gasteiger partial charge in [-0.15, -0.1) is 0 Å². The molecule has 0 saturated carbocycles. The van der Waals surface area contributed by atoms with E-state index in [-0.39, 0.29) is 16.9 Å². The molecule has 0 atom stereocenters. The van der Waals surface area contributed by atoms with Crippen LogP contribution in [0.15, 0.2) is 60.7 Å². The fourth-order valence-electron chi connectivity index (χ4n) is 2.61. The molecular weight excluding hydrogens is 394 g/mol. The standard InChI is InChI=1S/C21H18ClN3O2S/c1-2-19(26)23-16-9-10-17(22)18(12-16)24-21(28)25-20(27)15-8-7-13-5-3-4-6-14(13)11-15/h3-12H,2H2,1H3,(H,23,26)(H2,24,25,27,28). The van der Waals surface area contributed by atoms with E-state index in [2.05, 4.69) is 16.0 Å². The Hall–Kier alpha value is -2.96. The van der Waals surface area contributed by atoms with Gasteiger partial charge in [0.05, 0.1) is 10.7 Å². The quantitative estimate of drug-likeness (QED) is 0.530. The van der Waals surface area contributed by atoms with Crippen molar-refractivity contribution in [1.82, 2.24) is 5.32 Å². The van der Waals surface area contributed by atoms with Crippen molar-refractivity contribution < 1.29 is 9.59 Å². The summed E-state index contributed by atoms with van der Waals surface area (Å²) in [6, 6.07) is 18.2. The Balaban J connectivity index is 1.69. The van der Waals surface area contributed by atoms with Crippen molar-refractivity contribution in [3.8, 4) is 0 Å². The summed E-state index contributed by atoms with van der Waals surface area (Å²) in [6.07, 6.45) is 0.367. The minimum absolute atomic E-state index is 0.110. The predicted molar refractivity (Wildman–Crippen MR) is 118 cm³/mol. The summed E-state index contributed by atoms with van der Waals surface area (Å²) >= 11 is 11.4. The molecule has 0 aliphatic heterocycles. The van der Waals surface area contributed by atoms with Gasteiger partial charge < -0.3 is 10.6 Å². The maximum absolute atomic E-state index is 12.5. The maximum atomic E-state index is 12.5. The van der Waals surface area contributed by atoms with Crippen LogP contribution in [-0.2, 0) is 4.79 Å². The highest BCUT2D eigenvalue weighted by Crippen LogP contribution is 2.25. The van der Waals surface area contributed by atoms with Crippen LogP contribution in [0.4, 0.5) is 11.4 Å². The lowest BCUT2D eigenvalue weighted by atomic mass is 10.1. The molecule has 3 aromatic carbocycles. The first kappa shape index (κ1) is 19.8. The lowest BCUT2D eigenvalue weighted by molar-refractivity contribution is -0.115.